The Bertz CT molecular complexity index is 597. The number of nitrogens with zero attached hydrogens (tertiary/aromatic N) is 2. The predicted molar refractivity (Wildman–Crippen MR) is 66.6 cm³/mol. The summed E-state index contributed by atoms with van der Waals surface area (Å²) in [5, 5.41) is 8.88. The second-order valence-electron chi connectivity index (χ2n) is 5.20. The third kappa shape index (κ3) is 1.61. The maximum Gasteiger partial charge on any atom is 0.113 e. The van der Waals surface area contributed by atoms with E-state index < -0.39 is 0 Å². The summed E-state index contributed by atoms with van der Waals surface area (Å²) in [4.78, 5) is 8.07. The summed E-state index contributed by atoms with van der Waals surface area (Å²) < 4.78 is 0. The van der Waals surface area contributed by atoms with Gasteiger partial charge in [-0.3, -0.25) is 0 Å². The predicted octanol–water partition coefficient (Wildman–Crippen LogP) is 3.27. The number of aromatic amines is 1. The Hall–Kier alpha value is -1.82. The molecule has 0 bridgehead atoms. The van der Waals surface area contributed by atoms with E-state index >= 15 is 0 Å². The molecule has 1 aliphatic carbocycles. The summed E-state index contributed by atoms with van der Waals surface area (Å²) in [6.45, 7) is 2.28. The lowest BCUT2D eigenvalue weighted by Crippen LogP contribution is -2.18. The number of imidazole rings is 1. The van der Waals surface area contributed by atoms with Crippen LogP contribution in [0.4, 0.5) is 0 Å². The molecule has 0 saturated heterocycles. The number of hydrogen-bond acceptors (Lipinski definition) is 2. The van der Waals surface area contributed by atoms with Crippen molar-refractivity contribution in [3.63, 3.8) is 0 Å². The van der Waals surface area contributed by atoms with E-state index in [-0.39, 0.29) is 5.41 Å². The fourth-order valence-corrected chi connectivity index (χ4v) is 2.76. The van der Waals surface area contributed by atoms with Crippen LogP contribution >= 0.6 is 0 Å². The van der Waals surface area contributed by atoms with Gasteiger partial charge < -0.3 is 4.98 Å². The van der Waals surface area contributed by atoms with Gasteiger partial charge in [-0.15, -0.1) is 0 Å². The number of nitriles is 1. The van der Waals surface area contributed by atoms with Crippen molar-refractivity contribution in [1.29, 1.82) is 5.26 Å². The molecule has 0 unspecified atom stereocenters. The maximum absolute atomic E-state index is 8.88. The second-order valence-corrected chi connectivity index (χ2v) is 5.20. The molecule has 1 N–H and O–H groups in total. The molecule has 1 saturated carbocycles. The Morgan fingerprint density at radius 2 is 2.12 bits per heavy atom. The van der Waals surface area contributed by atoms with Gasteiger partial charge in [-0.1, -0.05) is 19.8 Å². The number of aromatic nitrogens is 2. The number of fused-ring (bicyclic) bond motifs is 1. The van der Waals surface area contributed by atoms with Gasteiger partial charge in [-0.05, 0) is 31.0 Å². The molecule has 0 atom stereocenters. The fraction of sp³-hybridized carbons (Fsp3) is 0.429. The molecular formula is C14H15N3. The van der Waals surface area contributed by atoms with Crippen molar-refractivity contribution in [3.8, 4) is 6.07 Å². The summed E-state index contributed by atoms with van der Waals surface area (Å²) in [7, 11) is 0. The first-order valence-corrected chi connectivity index (χ1v) is 6.12. The van der Waals surface area contributed by atoms with Crippen LogP contribution in [0.1, 0.15) is 44.0 Å². The molecule has 0 radical (unpaired) electrons. The summed E-state index contributed by atoms with van der Waals surface area (Å²) in [5.41, 5.74) is 2.83. The van der Waals surface area contributed by atoms with Gasteiger partial charge in [0.15, 0.2) is 0 Å². The zero-order valence-electron chi connectivity index (χ0n) is 9.95. The molecule has 1 aliphatic rings. The van der Waals surface area contributed by atoms with Crippen LogP contribution in [0.25, 0.3) is 11.0 Å². The van der Waals surface area contributed by atoms with Crippen molar-refractivity contribution in [2.75, 3.05) is 0 Å². The lowest BCUT2D eigenvalue weighted by atomic mass is 9.88. The topological polar surface area (TPSA) is 52.5 Å². The van der Waals surface area contributed by atoms with Crippen molar-refractivity contribution < 1.29 is 0 Å². The van der Waals surface area contributed by atoms with E-state index in [1.54, 1.807) is 0 Å². The lowest BCUT2D eigenvalue weighted by Gasteiger charge is -2.19. The van der Waals surface area contributed by atoms with Crippen molar-refractivity contribution in [2.45, 2.75) is 38.0 Å². The Morgan fingerprint density at radius 3 is 2.82 bits per heavy atom. The van der Waals surface area contributed by atoms with Gasteiger partial charge in [0.1, 0.15) is 5.82 Å². The summed E-state index contributed by atoms with van der Waals surface area (Å²) in [6, 6.07) is 7.78. The molecule has 3 heteroatoms. The molecule has 1 aromatic carbocycles. The SMILES string of the molecule is CC1(c2nc3ccc(C#N)cc3[nH]2)CCCC1. The van der Waals surface area contributed by atoms with Crippen LogP contribution < -0.4 is 0 Å². The van der Waals surface area contributed by atoms with E-state index in [9.17, 15) is 0 Å². The molecular weight excluding hydrogens is 210 g/mol. The van der Waals surface area contributed by atoms with Gasteiger partial charge in [0, 0.05) is 5.41 Å². The van der Waals surface area contributed by atoms with E-state index in [4.69, 9.17) is 5.26 Å². The monoisotopic (exact) mass is 225 g/mol. The number of hydrogen-bond donors (Lipinski definition) is 1. The molecule has 0 aliphatic heterocycles. The van der Waals surface area contributed by atoms with Crippen LogP contribution in [0, 0.1) is 11.3 Å². The van der Waals surface area contributed by atoms with Crippen molar-refractivity contribution in [1.82, 2.24) is 9.97 Å². The van der Waals surface area contributed by atoms with Gasteiger partial charge in [0.05, 0.1) is 22.7 Å². The highest BCUT2D eigenvalue weighted by Gasteiger charge is 2.33. The first kappa shape index (κ1) is 10.3. The Labute approximate surface area is 100 Å². The maximum atomic E-state index is 8.88. The van der Waals surface area contributed by atoms with Crippen LogP contribution in [0.2, 0.25) is 0 Å². The molecule has 2 aromatic rings. The zero-order chi connectivity index (χ0) is 11.9. The molecule has 86 valence electrons. The van der Waals surface area contributed by atoms with Crippen molar-refractivity contribution in [2.24, 2.45) is 0 Å². The average Bonchev–Trinajstić information content (AvgIpc) is 2.94. The number of benzene rings is 1. The van der Waals surface area contributed by atoms with Crippen molar-refractivity contribution >= 4 is 11.0 Å². The van der Waals surface area contributed by atoms with Crippen LogP contribution in [0.3, 0.4) is 0 Å². The van der Waals surface area contributed by atoms with E-state index in [0.717, 1.165) is 16.9 Å². The standard InChI is InChI=1S/C14H15N3/c1-14(6-2-3-7-14)13-16-11-5-4-10(9-15)8-12(11)17-13/h4-5,8H,2-3,6-7H2,1H3,(H,16,17). The van der Waals surface area contributed by atoms with Gasteiger partial charge in [0.2, 0.25) is 0 Å². The molecule has 3 nitrogen and oxygen atoms in total. The number of H-pyrrole nitrogens is 1. The third-order valence-corrected chi connectivity index (χ3v) is 3.89. The molecule has 1 heterocycles. The van der Waals surface area contributed by atoms with Gasteiger partial charge in [-0.2, -0.15) is 5.26 Å². The first-order valence-electron chi connectivity index (χ1n) is 6.12. The second kappa shape index (κ2) is 3.59. The number of nitrogens with one attached hydrogen (secondary N) is 1. The Balaban J connectivity index is 2.10. The lowest BCUT2D eigenvalue weighted by molar-refractivity contribution is 0.465. The highest BCUT2D eigenvalue weighted by molar-refractivity contribution is 5.77. The van der Waals surface area contributed by atoms with Crippen LogP contribution in [-0.4, -0.2) is 9.97 Å². The quantitative estimate of drug-likeness (QED) is 0.809. The molecule has 0 amide bonds. The smallest absolute Gasteiger partial charge is 0.113 e. The fourth-order valence-electron chi connectivity index (χ4n) is 2.76. The van der Waals surface area contributed by atoms with E-state index in [0.29, 0.717) is 5.56 Å². The molecule has 17 heavy (non-hydrogen) atoms. The van der Waals surface area contributed by atoms with Crippen molar-refractivity contribution in [3.05, 3.63) is 29.6 Å². The minimum absolute atomic E-state index is 0.200. The molecule has 0 spiro atoms. The summed E-state index contributed by atoms with van der Waals surface area (Å²) >= 11 is 0. The Morgan fingerprint density at radius 1 is 1.35 bits per heavy atom. The van der Waals surface area contributed by atoms with E-state index in [1.807, 2.05) is 18.2 Å². The van der Waals surface area contributed by atoms with Gasteiger partial charge >= 0.3 is 0 Å². The van der Waals surface area contributed by atoms with Crippen LogP contribution in [0.15, 0.2) is 18.2 Å². The van der Waals surface area contributed by atoms with Crippen LogP contribution in [0.5, 0.6) is 0 Å². The summed E-state index contributed by atoms with van der Waals surface area (Å²) in [6.07, 6.45) is 4.99. The number of rotatable bonds is 1. The molecule has 3 rings (SSSR count). The minimum atomic E-state index is 0.200. The zero-order valence-corrected chi connectivity index (χ0v) is 9.95. The van der Waals surface area contributed by atoms with E-state index in [1.165, 1.54) is 25.7 Å². The normalized spacial score (nSPS) is 18.4. The molecule has 1 fully saturated rings. The largest absolute Gasteiger partial charge is 0.341 e. The summed E-state index contributed by atoms with van der Waals surface area (Å²) in [5.74, 6) is 1.08. The average molecular weight is 225 g/mol. The first-order chi connectivity index (χ1) is 8.21. The van der Waals surface area contributed by atoms with E-state index in [2.05, 4.69) is 23.0 Å². The van der Waals surface area contributed by atoms with Gasteiger partial charge in [-0.25, -0.2) is 4.98 Å². The Kier molecular flexibility index (Phi) is 2.19. The minimum Gasteiger partial charge on any atom is -0.341 e. The third-order valence-electron chi connectivity index (χ3n) is 3.89. The highest BCUT2D eigenvalue weighted by atomic mass is 14.9. The van der Waals surface area contributed by atoms with Gasteiger partial charge in [0.25, 0.3) is 0 Å². The molecule has 1 aromatic heterocycles. The van der Waals surface area contributed by atoms with Crippen LogP contribution in [-0.2, 0) is 5.41 Å². The highest BCUT2D eigenvalue weighted by Crippen LogP contribution is 2.39.